The molecule has 0 unspecified atom stereocenters. The first-order chi connectivity index (χ1) is 9.02. The van der Waals surface area contributed by atoms with Crippen LogP contribution in [0.5, 0.6) is 6.01 Å². The number of ether oxygens (including phenoxy) is 2. The van der Waals surface area contributed by atoms with E-state index in [4.69, 9.17) is 21.1 Å². The van der Waals surface area contributed by atoms with E-state index in [1.54, 1.807) is 11.9 Å². The summed E-state index contributed by atoms with van der Waals surface area (Å²) in [5, 5.41) is 10.5. The highest BCUT2D eigenvalue weighted by molar-refractivity contribution is 6.28. The Kier molecular flexibility index (Phi) is 4.38. The van der Waals surface area contributed by atoms with E-state index in [9.17, 15) is 5.11 Å². The summed E-state index contributed by atoms with van der Waals surface area (Å²) in [5.74, 6) is 0.372. The molecule has 1 N–H and O–H groups in total. The molecule has 1 aliphatic heterocycles. The maximum Gasteiger partial charge on any atom is 0.322 e. The van der Waals surface area contributed by atoms with Crippen LogP contribution in [-0.2, 0) is 4.74 Å². The van der Waals surface area contributed by atoms with Gasteiger partial charge >= 0.3 is 6.01 Å². The maximum absolute atomic E-state index is 10.4. The number of hydrogen-bond acceptors (Lipinski definition) is 7. The molecule has 0 aromatic carbocycles. The molecule has 2 heterocycles. The molecular weight excluding hydrogens is 272 g/mol. The van der Waals surface area contributed by atoms with Gasteiger partial charge in [-0.15, -0.1) is 0 Å². The first kappa shape index (κ1) is 14.2. The number of anilines is 1. The third-order valence-electron chi connectivity index (χ3n) is 3.05. The number of halogens is 1. The van der Waals surface area contributed by atoms with Crippen molar-refractivity contribution in [2.24, 2.45) is 0 Å². The third-order valence-corrected chi connectivity index (χ3v) is 3.22. The number of aliphatic hydroxyl groups is 1. The van der Waals surface area contributed by atoms with Crippen LogP contribution in [0.25, 0.3) is 0 Å². The summed E-state index contributed by atoms with van der Waals surface area (Å²) in [6.45, 7) is 1.52. The molecule has 1 aromatic rings. The molecular formula is C11H17ClN4O3. The van der Waals surface area contributed by atoms with Crippen LogP contribution in [0.4, 0.5) is 5.95 Å². The number of nitrogens with zero attached hydrogens (tertiary/aromatic N) is 4. The van der Waals surface area contributed by atoms with Crippen molar-refractivity contribution in [3.8, 4) is 6.01 Å². The van der Waals surface area contributed by atoms with Gasteiger partial charge in [-0.3, -0.25) is 0 Å². The zero-order valence-electron chi connectivity index (χ0n) is 11.0. The first-order valence-electron chi connectivity index (χ1n) is 5.99. The topological polar surface area (TPSA) is 80.6 Å². The van der Waals surface area contributed by atoms with E-state index in [2.05, 4.69) is 15.0 Å². The quantitative estimate of drug-likeness (QED) is 0.864. The molecule has 0 amide bonds. The van der Waals surface area contributed by atoms with E-state index in [1.165, 1.54) is 7.11 Å². The standard InChI is InChI=1S/C11H17ClN4O3/c1-16(7-11(17)3-5-19-6-4-11)9-13-8(12)14-10(15-9)18-2/h17H,3-7H2,1-2H3. The molecule has 0 atom stereocenters. The summed E-state index contributed by atoms with van der Waals surface area (Å²) in [7, 11) is 3.25. The van der Waals surface area contributed by atoms with Gasteiger partial charge in [-0.25, -0.2) is 0 Å². The predicted molar refractivity (Wildman–Crippen MR) is 69.7 cm³/mol. The van der Waals surface area contributed by atoms with Crippen LogP contribution < -0.4 is 9.64 Å². The molecule has 2 rings (SSSR count). The summed E-state index contributed by atoms with van der Waals surface area (Å²) in [6.07, 6.45) is 1.18. The van der Waals surface area contributed by atoms with Crippen LogP contribution >= 0.6 is 11.6 Å². The normalized spacial score (nSPS) is 18.1. The Morgan fingerprint density at radius 3 is 2.68 bits per heavy atom. The van der Waals surface area contributed by atoms with Gasteiger partial charge in [0.05, 0.1) is 12.7 Å². The second-order valence-electron chi connectivity index (χ2n) is 4.58. The third kappa shape index (κ3) is 3.65. The average molecular weight is 289 g/mol. The van der Waals surface area contributed by atoms with E-state index < -0.39 is 5.60 Å². The average Bonchev–Trinajstić information content (AvgIpc) is 2.38. The molecule has 19 heavy (non-hydrogen) atoms. The van der Waals surface area contributed by atoms with Gasteiger partial charge < -0.3 is 19.5 Å². The molecule has 7 nitrogen and oxygen atoms in total. The second-order valence-corrected chi connectivity index (χ2v) is 4.92. The van der Waals surface area contributed by atoms with Crippen LogP contribution in [0.15, 0.2) is 0 Å². The van der Waals surface area contributed by atoms with Crippen molar-refractivity contribution in [3.63, 3.8) is 0 Å². The van der Waals surface area contributed by atoms with E-state index >= 15 is 0 Å². The van der Waals surface area contributed by atoms with Gasteiger partial charge in [0.1, 0.15) is 0 Å². The Bertz CT molecular complexity index is 440. The smallest absolute Gasteiger partial charge is 0.322 e. The van der Waals surface area contributed by atoms with Gasteiger partial charge in [0.2, 0.25) is 11.2 Å². The fourth-order valence-electron chi connectivity index (χ4n) is 2.01. The van der Waals surface area contributed by atoms with Crippen LogP contribution in [0, 0.1) is 0 Å². The van der Waals surface area contributed by atoms with Gasteiger partial charge in [-0.2, -0.15) is 15.0 Å². The number of likely N-dealkylation sites (N-methyl/N-ethyl adjacent to an activating group) is 1. The van der Waals surface area contributed by atoms with Gasteiger partial charge in [-0.1, -0.05) is 0 Å². The van der Waals surface area contributed by atoms with E-state index in [1.807, 2.05) is 0 Å². The Hall–Kier alpha value is -1.18. The lowest BCUT2D eigenvalue weighted by Gasteiger charge is -2.35. The molecule has 0 radical (unpaired) electrons. The van der Waals surface area contributed by atoms with Crippen molar-refractivity contribution in [2.45, 2.75) is 18.4 Å². The first-order valence-corrected chi connectivity index (χ1v) is 6.37. The highest BCUT2D eigenvalue weighted by Crippen LogP contribution is 2.23. The van der Waals surface area contributed by atoms with Gasteiger partial charge in [0.15, 0.2) is 0 Å². The van der Waals surface area contributed by atoms with E-state index in [0.29, 0.717) is 38.5 Å². The number of rotatable bonds is 4. The van der Waals surface area contributed by atoms with Crippen molar-refractivity contribution in [3.05, 3.63) is 5.28 Å². The SMILES string of the molecule is COc1nc(Cl)nc(N(C)CC2(O)CCOCC2)n1. The summed E-state index contributed by atoms with van der Waals surface area (Å²) in [5.41, 5.74) is -0.792. The number of methoxy groups -OCH3 is 1. The molecule has 1 aromatic heterocycles. The molecule has 1 saturated heterocycles. The highest BCUT2D eigenvalue weighted by Gasteiger charge is 2.32. The molecule has 0 spiro atoms. The highest BCUT2D eigenvalue weighted by atomic mass is 35.5. The Morgan fingerprint density at radius 1 is 1.37 bits per heavy atom. The van der Waals surface area contributed by atoms with Crippen LogP contribution in [-0.4, -0.2) is 59.6 Å². The van der Waals surface area contributed by atoms with Crippen molar-refractivity contribution in [1.82, 2.24) is 15.0 Å². The lowest BCUT2D eigenvalue weighted by Crippen LogP contribution is -2.46. The van der Waals surface area contributed by atoms with Crippen molar-refractivity contribution in [2.75, 3.05) is 38.8 Å². The summed E-state index contributed by atoms with van der Waals surface area (Å²) in [6, 6.07) is 0.154. The van der Waals surface area contributed by atoms with Gasteiger partial charge in [0, 0.05) is 39.6 Å². The minimum atomic E-state index is -0.792. The number of aromatic nitrogens is 3. The molecule has 0 saturated carbocycles. The lowest BCUT2D eigenvalue weighted by molar-refractivity contribution is -0.0574. The zero-order valence-corrected chi connectivity index (χ0v) is 11.7. The Morgan fingerprint density at radius 2 is 2.05 bits per heavy atom. The summed E-state index contributed by atoms with van der Waals surface area (Å²) >= 11 is 5.80. The van der Waals surface area contributed by atoms with E-state index in [0.717, 1.165) is 0 Å². The summed E-state index contributed by atoms with van der Waals surface area (Å²) in [4.78, 5) is 13.7. The van der Waals surface area contributed by atoms with Crippen molar-refractivity contribution < 1.29 is 14.6 Å². The lowest BCUT2D eigenvalue weighted by atomic mass is 9.94. The maximum atomic E-state index is 10.4. The van der Waals surface area contributed by atoms with Crippen molar-refractivity contribution >= 4 is 17.5 Å². The molecule has 0 bridgehead atoms. The largest absolute Gasteiger partial charge is 0.467 e. The molecule has 106 valence electrons. The monoisotopic (exact) mass is 288 g/mol. The van der Waals surface area contributed by atoms with Crippen molar-refractivity contribution in [1.29, 1.82) is 0 Å². The zero-order chi connectivity index (χ0) is 13.9. The van der Waals surface area contributed by atoms with Crippen LogP contribution in [0.3, 0.4) is 0 Å². The van der Waals surface area contributed by atoms with Gasteiger partial charge in [0.25, 0.3) is 0 Å². The molecule has 8 heteroatoms. The molecule has 1 fully saturated rings. The Balaban J connectivity index is 2.10. The Labute approximate surface area is 116 Å². The summed E-state index contributed by atoms with van der Waals surface area (Å²) < 4.78 is 10.2. The fraction of sp³-hybridized carbons (Fsp3) is 0.727. The second kappa shape index (κ2) is 5.85. The van der Waals surface area contributed by atoms with E-state index in [-0.39, 0.29) is 11.3 Å². The fourth-order valence-corrected chi connectivity index (χ4v) is 2.15. The molecule has 1 aliphatic rings. The molecule has 0 aliphatic carbocycles. The van der Waals surface area contributed by atoms with Crippen LogP contribution in [0.1, 0.15) is 12.8 Å². The van der Waals surface area contributed by atoms with Crippen LogP contribution in [0.2, 0.25) is 5.28 Å². The predicted octanol–water partition coefficient (Wildman–Crippen LogP) is 0.511. The minimum Gasteiger partial charge on any atom is -0.467 e. The number of hydrogen-bond donors (Lipinski definition) is 1. The van der Waals surface area contributed by atoms with Gasteiger partial charge in [-0.05, 0) is 11.6 Å². The minimum absolute atomic E-state index is 0.0627.